The minimum Gasteiger partial charge on any atom is -0.410 e. The smallest absolute Gasteiger partial charge is 0.410 e. The van der Waals surface area contributed by atoms with Crippen LogP contribution >= 0.6 is 23.1 Å². The van der Waals surface area contributed by atoms with Crippen molar-refractivity contribution in [1.82, 2.24) is 24.8 Å². The number of amides is 1. The summed E-state index contributed by atoms with van der Waals surface area (Å²) in [5, 5.41) is 1.14. The van der Waals surface area contributed by atoms with Crippen molar-refractivity contribution in [3.63, 3.8) is 0 Å². The maximum atomic E-state index is 12.6. The molecule has 1 fully saturated rings. The maximum absolute atomic E-state index is 12.6. The van der Waals surface area contributed by atoms with E-state index in [0.29, 0.717) is 18.8 Å². The molecule has 0 aliphatic carbocycles. The summed E-state index contributed by atoms with van der Waals surface area (Å²) in [6.07, 6.45) is 4.31. The van der Waals surface area contributed by atoms with Gasteiger partial charge in [-0.3, -0.25) is 4.90 Å². The number of thioether (sulfide) groups is 1. The number of ether oxygens (including phenoxy) is 1. The zero-order valence-electron chi connectivity index (χ0n) is 17.8. The number of benzene rings is 1. The molecule has 0 spiro atoms. The standard InChI is InChI=1S/C22H27N5O2S2/c1-16-20(30-15-25-16)7-10-26-11-13-27(14-12-26)22(28)29-19-5-3-18(4-6-19)17(2)31-21-23-8-9-24-21/h3-6,8-9,15,17H,7,10-14H2,1-2H3,(H,23,24). The SMILES string of the molecule is Cc1ncsc1CCN1CCN(C(=O)Oc2ccc(C(C)Sc3ncc[nH]3)cc2)CC1. The normalized spacial score (nSPS) is 15.7. The third-order valence-electron chi connectivity index (χ3n) is 5.45. The first-order chi connectivity index (χ1) is 15.1. The van der Waals surface area contributed by atoms with Crippen molar-refractivity contribution >= 4 is 29.2 Å². The molecule has 1 atom stereocenters. The summed E-state index contributed by atoms with van der Waals surface area (Å²) in [6, 6.07) is 7.73. The Kier molecular flexibility index (Phi) is 7.26. The first-order valence-electron chi connectivity index (χ1n) is 10.4. The van der Waals surface area contributed by atoms with Crippen LogP contribution in [-0.2, 0) is 6.42 Å². The molecule has 4 rings (SSSR count). The average Bonchev–Trinajstić information content (AvgIpc) is 3.44. The molecule has 3 heterocycles. The fourth-order valence-corrected chi connectivity index (χ4v) is 5.16. The third-order valence-corrected chi connectivity index (χ3v) is 7.51. The van der Waals surface area contributed by atoms with Gasteiger partial charge in [-0.05, 0) is 38.0 Å². The number of thiazole rings is 1. The van der Waals surface area contributed by atoms with Gasteiger partial charge in [0.05, 0.1) is 11.2 Å². The maximum Gasteiger partial charge on any atom is 0.415 e. The number of aryl methyl sites for hydroxylation is 1. The quantitative estimate of drug-likeness (QED) is 0.531. The number of imidazole rings is 1. The number of hydrogen-bond donors (Lipinski definition) is 1. The number of rotatable bonds is 7. The fraction of sp³-hybridized carbons (Fsp3) is 0.409. The van der Waals surface area contributed by atoms with E-state index in [1.165, 1.54) is 4.88 Å². The third kappa shape index (κ3) is 5.87. The summed E-state index contributed by atoms with van der Waals surface area (Å²) in [5.41, 5.74) is 4.20. The highest BCUT2D eigenvalue weighted by molar-refractivity contribution is 7.99. The molecule has 1 aliphatic heterocycles. The van der Waals surface area contributed by atoms with E-state index in [-0.39, 0.29) is 11.3 Å². The van der Waals surface area contributed by atoms with Gasteiger partial charge in [0, 0.05) is 55.2 Å². The Labute approximate surface area is 190 Å². The fourth-order valence-electron chi connectivity index (χ4n) is 3.50. The predicted molar refractivity (Wildman–Crippen MR) is 124 cm³/mol. The van der Waals surface area contributed by atoms with E-state index < -0.39 is 0 Å². The van der Waals surface area contributed by atoms with E-state index >= 15 is 0 Å². The van der Waals surface area contributed by atoms with E-state index in [9.17, 15) is 4.79 Å². The van der Waals surface area contributed by atoms with Crippen molar-refractivity contribution in [2.24, 2.45) is 0 Å². The number of aromatic amines is 1. The summed E-state index contributed by atoms with van der Waals surface area (Å²) in [5.74, 6) is 0.576. The Balaban J connectivity index is 1.22. The number of nitrogens with one attached hydrogen (secondary N) is 1. The molecular formula is C22H27N5O2S2. The molecular weight excluding hydrogens is 430 g/mol. The van der Waals surface area contributed by atoms with Crippen molar-refractivity contribution < 1.29 is 9.53 Å². The second kappa shape index (κ2) is 10.3. The van der Waals surface area contributed by atoms with E-state index in [1.807, 2.05) is 36.0 Å². The molecule has 1 unspecified atom stereocenters. The number of nitrogens with zero attached hydrogens (tertiary/aromatic N) is 4. The average molecular weight is 458 g/mol. The number of aromatic nitrogens is 3. The lowest BCUT2D eigenvalue weighted by atomic mass is 10.1. The van der Waals surface area contributed by atoms with Crippen molar-refractivity contribution in [3.8, 4) is 5.75 Å². The van der Waals surface area contributed by atoms with Crippen molar-refractivity contribution in [2.75, 3.05) is 32.7 Å². The first-order valence-corrected chi connectivity index (χ1v) is 12.2. The zero-order chi connectivity index (χ0) is 21.6. The lowest BCUT2D eigenvalue weighted by Gasteiger charge is -2.33. The molecule has 1 aromatic carbocycles. The number of hydrogen-bond acceptors (Lipinski definition) is 7. The molecule has 1 amide bonds. The molecule has 164 valence electrons. The molecule has 0 radical (unpaired) electrons. The molecule has 3 aromatic rings. The number of carbonyl (C=O) groups is 1. The monoisotopic (exact) mass is 457 g/mol. The van der Waals surface area contributed by atoms with Gasteiger partial charge in [-0.2, -0.15) is 0 Å². The van der Waals surface area contributed by atoms with Gasteiger partial charge >= 0.3 is 6.09 Å². The van der Waals surface area contributed by atoms with Crippen LogP contribution < -0.4 is 4.74 Å². The highest BCUT2D eigenvalue weighted by Gasteiger charge is 2.23. The number of piperazine rings is 1. The van der Waals surface area contributed by atoms with Gasteiger partial charge < -0.3 is 14.6 Å². The molecule has 7 nitrogen and oxygen atoms in total. The molecule has 31 heavy (non-hydrogen) atoms. The number of H-pyrrole nitrogens is 1. The van der Waals surface area contributed by atoms with Gasteiger partial charge in [0.15, 0.2) is 5.16 Å². The van der Waals surface area contributed by atoms with E-state index in [4.69, 9.17) is 4.74 Å². The van der Waals surface area contributed by atoms with Crippen LogP contribution in [0.5, 0.6) is 5.75 Å². The van der Waals surface area contributed by atoms with Crippen LogP contribution in [0, 0.1) is 6.92 Å². The Morgan fingerprint density at radius 1 is 1.23 bits per heavy atom. The van der Waals surface area contributed by atoms with E-state index in [2.05, 4.69) is 33.7 Å². The Bertz CT molecular complexity index is 966. The summed E-state index contributed by atoms with van der Waals surface area (Å²) in [7, 11) is 0. The lowest BCUT2D eigenvalue weighted by molar-refractivity contribution is 0.111. The van der Waals surface area contributed by atoms with Crippen LogP contribution in [0.4, 0.5) is 4.79 Å². The van der Waals surface area contributed by atoms with Crippen LogP contribution in [0.15, 0.2) is 47.3 Å². The topological polar surface area (TPSA) is 74.3 Å². The number of carbonyl (C=O) groups excluding carboxylic acids is 1. The van der Waals surface area contributed by atoms with Crippen LogP contribution in [-0.4, -0.2) is 63.6 Å². The van der Waals surface area contributed by atoms with Gasteiger partial charge in [-0.25, -0.2) is 14.8 Å². The van der Waals surface area contributed by atoms with Crippen LogP contribution in [0.3, 0.4) is 0 Å². The Hall–Kier alpha value is -2.36. The highest BCUT2D eigenvalue weighted by atomic mass is 32.2. The van der Waals surface area contributed by atoms with Gasteiger partial charge in [0.2, 0.25) is 0 Å². The van der Waals surface area contributed by atoms with Crippen molar-refractivity contribution in [3.05, 3.63) is 58.3 Å². The van der Waals surface area contributed by atoms with Crippen LogP contribution in [0.25, 0.3) is 0 Å². The summed E-state index contributed by atoms with van der Waals surface area (Å²) >= 11 is 3.38. The molecule has 1 N–H and O–H groups in total. The molecule has 2 aromatic heterocycles. The zero-order valence-corrected chi connectivity index (χ0v) is 19.4. The minimum atomic E-state index is -0.274. The lowest BCUT2D eigenvalue weighted by Crippen LogP contribution is -2.49. The molecule has 9 heteroatoms. The van der Waals surface area contributed by atoms with Gasteiger partial charge in [0.1, 0.15) is 5.75 Å². The van der Waals surface area contributed by atoms with E-state index in [1.54, 1.807) is 34.2 Å². The van der Waals surface area contributed by atoms with Gasteiger partial charge in [0.25, 0.3) is 0 Å². The van der Waals surface area contributed by atoms with Crippen LogP contribution in [0.1, 0.15) is 28.3 Å². The van der Waals surface area contributed by atoms with Crippen LogP contribution in [0.2, 0.25) is 0 Å². The summed E-state index contributed by atoms with van der Waals surface area (Å²) in [4.78, 5) is 29.8. The first kappa shape index (κ1) is 21.9. The minimum absolute atomic E-state index is 0.248. The summed E-state index contributed by atoms with van der Waals surface area (Å²) < 4.78 is 5.60. The highest BCUT2D eigenvalue weighted by Crippen LogP contribution is 2.33. The van der Waals surface area contributed by atoms with Crippen molar-refractivity contribution in [1.29, 1.82) is 0 Å². The predicted octanol–water partition coefficient (Wildman–Crippen LogP) is 4.39. The largest absolute Gasteiger partial charge is 0.415 e. The summed E-state index contributed by atoms with van der Waals surface area (Å²) in [6.45, 7) is 8.31. The molecule has 1 aliphatic rings. The van der Waals surface area contributed by atoms with E-state index in [0.717, 1.165) is 42.5 Å². The molecule has 1 saturated heterocycles. The van der Waals surface area contributed by atoms with Crippen molar-refractivity contribution in [2.45, 2.75) is 30.7 Å². The molecule has 0 saturated carbocycles. The van der Waals surface area contributed by atoms with Gasteiger partial charge in [-0.15, -0.1) is 11.3 Å². The second-order valence-corrected chi connectivity index (χ2v) is 9.80. The Morgan fingerprint density at radius 3 is 2.65 bits per heavy atom. The molecule has 0 bridgehead atoms. The Morgan fingerprint density at radius 2 is 2.00 bits per heavy atom. The second-order valence-electron chi connectivity index (χ2n) is 7.53. The van der Waals surface area contributed by atoms with Gasteiger partial charge in [-0.1, -0.05) is 23.9 Å².